The van der Waals surface area contributed by atoms with Crippen LogP contribution in [0.5, 0.6) is 5.75 Å². The van der Waals surface area contributed by atoms with E-state index >= 15 is 0 Å². The number of hydrogen-bond acceptors (Lipinski definition) is 5. The van der Waals surface area contributed by atoms with Crippen molar-refractivity contribution in [1.29, 1.82) is 0 Å². The minimum atomic E-state index is -0.460. The van der Waals surface area contributed by atoms with Gasteiger partial charge in [-0.15, -0.1) is 11.3 Å². The quantitative estimate of drug-likeness (QED) is 0.890. The highest BCUT2D eigenvalue weighted by Gasteiger charge is 2.25. The van der Waals surface area contributed by atoms with E-state index in [0.717, 1.165) is 10.1 Å². The Morgan fingerprint density at radius 2 is 2.10 bits per heavy atom. The molecule has 0 bridgehead atoms. The number of ether oxygens (including phenoxy) is 2. The number of nitrogens with two attached hydrogens (primary N) is 1. The molecular weight excluding hydrogens is 288 g/mol. The molecule has 0 unspecified atom stereocenters. The van der Waals surface area contributed by atoms with Gasteiger partial charge in [0.15, 0.2) is 0 Å². The number of carbonyl (C=O) groups is 1. The van der Waals surface area contributed by atoms with Crippen molar-refractivity contribution < 1.29 is 14.3 Å². The third-order valence-electron chi connectivity index (χ3n) is 3.10. The molecule has 114 valence electrons. The molecule has 1 aromatic heterocycles. The van der Waals surface area contributed by atoms with Crippen LogP contribution in [0.25, 0.3) is 10.1 Å². The summed E-state index contributed by atoms with van der Waals surface area (Å²) in [5, 5.41) is 3.73. The maximum Gasteiger partial charge on any atom is 0.264 e. The zero-order valence-electron chi connectivity index (χ0n) is 12.6. The SMILES string of the molecule is COCC(C)(C)NC(=O)c1sc2cccc(OC)c2c1N. The number of rotatable bonds is 5. The summed E-state index contributed by atoms with van der Waals surface area (Å²) >= 11 is 1.36. The molecule has 1 amide bonds. The van der Waals surface area contributed by atoms with Crippen LogP contribution in [0.15, 0.2) is 18.2 Å². The molecule has 1 heterocycles. The van der Waals surface area contributed by atoms with E-state index in [4.69, 9.17) is 15.2 Å². The summed E-state index contributed by atoms with van der Waals surface area (Å²) in [5.74, 6) is 0.481. The van der Waals surface area contributed by atoms with Gasteiger partial charge in [0.25, 0.3) is 5.91 Å². The molecule has 0 saturated heterocycles. The lowest BCUT2D eigenvalue weighted by Crippen LogP contribution is -2.46. The van der Waals surface area contributed by atoms with Gasteiger partial charge in [-0.25, -0.2) is 0 Å². The molecule has 0 saturated carbocycles. The molecule has 0 atom stereocenters. The number of thiophene rings is 1. The zero-order chi connectivity index (χ0) is 15.6. The highest BCUT2D eigenvalue weighted by atomic mass is 32.1. The van der Waals surface area contributed by atoms with Crippen LogP contribution in [0.3, 0.4) is 0 Å². The molecule has 6 heteroatoms. The van der Waals surface area contributed by atoms with Crippen molar-refractivity contribution in [3.8, 4) is 5.75 Å². The molecule has 0 aliphatic rings. The van der Waals surface area contributed by atoms with E-state index in [2.05, 4.69) is 5.32 Å². The number of nitrogen functional groups attached to an aromatic ring is 1. The second kappa shape index (κ2) is 5.91. The summed E-state index contributed by atoms with van der Waals surface area (Å²) in [6.07, 6.45) is 0. The van der Waals surface area contributed by atoms with Crippen LogP contribution in [0.2, 0.25) is 0 Å². The Morgan fingerprint density at radius 3 is 2.71 bits per heavy atom. The number of benzene rings is 1. The highest BCUT2D eigenvalue weighted by molar-refractivity contribution is 7.21. The lowest BCUT2D eigenvalue weighted by atomic mass is 10.1. The van der Waals surface area contributed by atoms with E-state index in [0.29, 0.717) is 22.9 Å². The number of hydrogen-bond donors (Lipinski definition) is 2. The lowest BCUT2D eigenvalue weighted by Gasteiger charge is -2.24. The van der Waals surface area contributed by atoms with Crippen molar-refractivity contribution in [2.75, 3.05) is 26.6 Å². The lowest BCUT2D eigenvalue weighted by molar-refractivity contribution is 0.0824. The first-order valence-electron chi connectivity index (χ1n) is 6.56. The van der Waals surface area contributed by atoms with Crippen molar-refractivity contribution in [1.82, 2.24) is 5.32 Å². The normalized spacial score (nSPS) is 11.6. The van der Waals surface area contributed by atoms with Crippen LogP contribution < -0.4 is 15.8 Å². The summed E-state index contributed by atoms with van der Waals surface area (Å²) in [4.78, 5) is 12.9. The van der Waals surface area contributed by atoms with Gasteiger partial charge in [0.05, 0.1) is 30.3 Å². The van der Waals surface area contributed by atoms with Crippen LogP contribution in [-0.4, -0.2) is 32.3 Å². The topological polar surface area (TPSA) is 73.6 Å². The molecule has 21 heavy (non-hydrogen) atoms. The van der Waals surface area contributed by atoms with Gasteiger partial charge in [-0.2, -0.15) is 0 Å². The standard InChI is InChI=1S/C15H20N2O3S/c1-15(2,8-19-3)17-14(18)13-12(16)11-9(20-4)6-5-7-10(11)21-13/h5-7H,8,16H2,1-4H3,(H,17,18). The van der Waals surface area contributed by atoms with Gasteiger partial charge in [0, 0.05) is 11.8 Å². The van der Waals surface area contributed by atoms with Gasteiger partial charge in [-0.1, -0.05) is 6.07 Å². The number of nitrogens with one attached hydrogen (secondary N) is 1. The molecule has 0 radical (unpaired) electrons. The van der Waals surface area contributed by atoms with Gasteiger partial charge in [-0.05, 0) is 26.0 Å². The molecule has 0 aliphatic carbocycles. The molecule has 2 aromatic rings. The number of anilines is 1. The minimum Gasteiger partial charge on any atom is -0.496 e. The smallest absolute Gasteiger partial charge is 0.264 e. The molecule has 0 fully saturated rings. The van der Waals surface area contributed by atoms with Crippen molar-refractivity contribution >= 4 is 33.0 Å². The van der Waals surface area contributed by atoms with Gasteiger partial charge in [0.1, 0.15) is 10.6 Å². The van der Waals surface area contributed by atoms with Crippen LogP contribution in [0, 0.1) is 0 Å². The summed E-state index contributed by atoms with van der Waals surface area (Å²) < 4.78 is 11.4. The van der Waals surface area contributed by atoms with Gasteiger partial charge in [0.2, 0.25) is 0 Å². The summed E-state index contributed by atoms with van der Waals surface area (Å²) in [5.41, 5.74) is 6.14. The van der Waals surface area contributed by atoms with Gasteiger partial charge in [-0.3, -0.25) is 4.79 Å². The molecule has 3 N–H and O–H groups in total. The third-order valence-corrected chi connectivity index (χ3v) is 4.27. The van der Waals surface area contributed by atoms with Crippen molar-refractivity contribution in [3.05, 3.63) is 23.1 Å². The first kappa shape index (κ1) is 15.6. The Kier molecular flexibility index (Phi) is 4.39. The minimum absolute atomic E-state index is 0.196. The third kappa shape index (κ3) is 3.11. The second-order valence-corrected chi connectivity index (χ2v) is 6.50. The Morgan fingerprint density at radius 1 is 1.38 bits per heavy atom. The van der Waals surface area contributed by atoms with E-state index in [1.807, 2.05) is 32.0 Å². The van der Waals surface area contributed by atoms with Crippen LogP contribution >= 0.6 is 11.3 Å². The Hall–Kier alpha value is -1.79. The molecule has 0 aliphatic heterocycles. The average molecular weight is 308 g/mol. The number of carbonyl (C=O) groups excluding carboxylic acids is 1. The van der Waals surface area contributed by atoms with E-state index in [1.165, 1.54) is 11.3 Å². The molecular formula is C15H20N2O3S. The molecule has 2 rings (SSSR count). The van der Waals surface area contributed by atoms with Gasteiger partial charge >= 0.3 is 0 Å². The maximum absolute atomic E-state index is 12.4. The fraction of sp³-hybridized carbons (Fsp3) is 0.400. The Balaban J connectivity index is 2.39. The summed E-state index contributed by atoms with van der Waals surface area (Å²) in [6.45, 7) is 4.23. The highest BCUT2D eigenvalue weighted by Crippen LogP contribution is 2.39. The molecule has 1 aromatic carbocycles. The number of amides is 1. The number of fused-ring (bicyclic) bond motifs is 1. The monoisotopic (exact) mass is 308 g/mol. The van der Waals surface area contributed by atoms with E-state index in [9.17, 15) is 4.79 Å². The van der Waals surface area contributed by atoms with Crippen molar-refractivity contribution in [2.24, 2.45) is 0 Å². The Bertz CT molecular complexity index is 664. The van der Waals surface area contributed by atoms with E-state index < -0.39 is 5.54 Å². The van der Waals surface area contributed by atoms with E-state index in [1.54, 1.807) is 14.2 Å². The Labute approximate surface area is 128 Å². The first-order valence-corrected chi connectivity index (χ1v) is 7.37. The fourth-order valence-electron chi connectivity index (χ4n) is 2.24. The first-order chi connectivity index (χ1) is 9.89. The maximum atomic E-state index is 12.4. The van der Waals surface area contributed by atoms with E-state index in [-0.39, 0.29) is 5.91 Å². The van der Waals surface area contributed by atoms with Crippen molar-refractivity contribution in [2.45, 2.75) is 19.4 Å². The van der Waals surface area contributed by atoms with Crippen LogP contribution in [0.1, 0.15) is 23.5 Å². The predicted octanol–water partition coefficient (Wildman–Crippen LogP) is 2.65. The predicted molar refractivity (Wildman–Crippen MR) is 86.2 cm³/mol. The average Bonchev–Trinajstić information content (AvgIpc) is 2.76. The summed E-state index contributed by atoms with van der Waals surface area (Å²) in [7, 11) is 3.19. The second-order valence-electron chi connectivity index (χ2n) is 5.45. The summed E-state index contributed by atoms with van der Waals surface area (Å²) in [6, 6.07) is 5.64. The largest absolute Gasteiger partial charge is 0.496 e. The van der Waals surface area contributed by atoms with Gasteiger partial charge < -0.3 is 20.5 Å². The van der Waals surface area contributed by atoms with Crippen LogP contribution in [-0.2, 0) is 4.74 Å². The van der Waals surface area contributed by atoms with Crippen molar-refractivity contribution in [3.63, 3.8) is 0 Å². The van der Waals surface area contributed by atoms with Crippen LogP contribution in [0.4, 0.5) is 5.69 Å². The fourth-order valence-corrected chi connectivity index (χ4v) is 3.27. The zero-order valence-corrected chi connectivity index (χ0v) is 13.5. The molecule has 0 spiro atoms. The number of methoxy groups -OCH3 is 2. The molecule has 5 nitrogen and oxygen atoms in total.